The number of benzene rings is 9. The second-order valence-corrected chi connectivity index (χ2v) is 15.6. The zero-order valence-electron chi connectivity index (χ0n) is 31.4. The van der Waals surface area contributed by atoms with Crippen LogP contribution in [0.25, 0.3) is 77.2 Å². The highest BCUT2D eigenvalue weighted by molar-refractivity contribution is 6.12. The SMILES string of the molecule is c1ccc2c(c1)Oc1ccc(-c3ccc(-c4ccc(-n5c6ccccc6c6ccccc65)cc4)cc3)cc1C21c2ccccc2-n2c3ccccc3c3cccc1c32. The van der Waals surface area contributed by atoms with Gasteiger partial charge in [-0.3, -0.25) is 0 Å². The molecular weight excluding hydrogens is 705 g/mol. The number of ether oxygens (including phenoxy) is 1. The summed E-state index contributed by atoms with van der Waals surface area (Å²) in [7, 11) is 0. The Balaban J connectivity index is 0.948. The van der Waals surface area contributed by atoms with E-state index in [1.54, 1.807) is 0 Å². The molecule has 0 saturated carbocycles. The van der Waals surface area contributed by atoms with Crippen LogP contribution in [0.5, 0.6) is 11.5 Å². The number of aromatic nitrogens is 2. The Morgan fingerprint density at radius 1 is 0.328 bits per heavy atom. The average Bonchev–Trinajstić information content (AvgIpc) is 3.82. The van der Waals surface area contributed by atoms with E-state index in [0.717, 1.165) is 33.9 Å². The van der Waals surface area contributed by atoms with Crippen LogP contribution >= 0.6 is 0 Å². The summed E-state index contributed by atoms with van der Waals surface area (Å²) in [6.07, 6.45) is 0. The molecule has 0 radical (unpaired) electrons. The number of fused-ring (bicyclic) bond motifs is 14. The molecule has 2 aromatic heterocycles. The lowest BCUT2D eigenvalue weighted by Crippen LogP contribution is -2.37. The smallest absolute Gasteiger partial charge is 0.132 e. The lowest BCUT2D eigenvalue weighted by atomic mass is 9.61. The first-order chi connectivity index (χ1) is 28.8. The van der Waals surface area contributed by atoms with E-state index in [-0.39, 0.29) is 0 Å². The van der Waals surface area contributed by atoms with E-state index >= 15 is 0 Å². The molecule has 9 aromatic carbocycles. The van der Waals surface area contributed by atoms with Crippen LogP contribution in [0.15, 0.2) is 206 Å². The van der Waals surface area contributed by atoms with Crippen LogP contribution in [-0.2, 0) is 5.41 Å². The van der Waals surface area contributed by atoms with Crippen LogP contribution in [-0.4, -0.2) is 9.13 Å². The Hall–Kier alpha value is -7.62. The third-order valence-electron chi connectivity index (χ3n) is 12.8. The number of nitrogens with zero attached hydrogens (tertiary/aromatic N) is 2. The van der Waals surface area contributed by atoms with Crippen molar-refractivity contribution < 1.29 is 4.74 Å². The molecule has 3 nitrogen and oxygen atoms in total. The fraction of sp³-hybridized carbons (Fsp3) is 0.0182. The largest absolute Gasteiger partial charge is 0.457 e. The van der Waals surface area contributed by atoms with Crippen molar-refractivity contribution in [2.45, 2.75) is 5.41 Å². The summed E-state index contributed by atoms with van der Waals surface area (Å²) in [5.41, 5.74) is 16.2. The van der Waals surface area contributed by atoms with Gasteiger partial charge in [-0.25, -0.2) is 0 Å². The second-order valence-electron chi connectivity index (χ2n) is 15.6. The summed E-state index contributed by atoms with van der Waals surface area (Å²) < 4.78 is 11.7. The van der Waals surface area contributed by atoms with Crippen LogP contribution in [0.2, 0.25) is 0 Å². The minimum atomic E-state index is -0.598. The normalized spacial score (nSPS) is 15.1. The van der Waals surface area contributed by atoms with E-state index in [1.807, 2.05) is 0 Å². The number of hydrogen-bond donors (Lipinski definition) is 0. The molecule has 2 aliphatic rings. The Kier molecular flexibility index (Phi) is 6.37. The standard InChI is InChI=1S/C55H34N2O/c1-6-19-48-40(12-1)41-13-2-7-20-49(41)56(48)39-31-28-36(29-32-39)35-24-26-37(27-25-35)38-30-33-53-47(34-38)55(45-17-5-10-23-52(45)58-53)44-16-4-9-22-51(44)57-50-21-8-3-14-42(50)43-15-11-18-46(55)54(43)57/h1-34H. The topological polar surface area (TPSA) is 19.1 Å². The highest BCUT2D eigenvalue weighted by atomic mass is 16.5. The molecular formula is C55H34N2O. The molecule has 0 amide bonds. The van der Waals surface area contributed by atoms with Gasteiger partial charge in [-0.2, -0.15) is 0 Å². The Morgan fingerprint density at radius 2 is 0.810 bits per heavy atom. The molecule has 4 heterocycles. The van der Waals surface area contributed by atoms with E-state index in [2.05, 4.69) is 215 Å². The van der Waals surface area contributed by atoms with Crippen molar-refractivity contribution in [1.82, 2.24) is 9.13 Å². The maximum absolute atomic E-state index is 6.81. The Bertz CT molecular complexity index is 3420. The van der Waals surface area contributed by atoms with Crippen molar-refractivity contribution in [3.05, 3.63) is 229 Å². The van der Waals surface area contributed by atoms with Gasteiger partial charge in [-0.1, -0.05) is 152 Å². The highest BCUT2D eigenvalue weighted by Crippen LogP contribution is 2.60. The predicted molar refractivity (Wildman–Crippen MR) is 238 cm³/mol. The summed E-state index contributed by atoms with van der Waals surface area (Å²) in [5.74, 6) is 1.78. The number of hydrogen-bond acceptors (Lipinski definition) is 1. The molecule has 2 aliphatic heterocycles. The molecule has 58 heavy (non-hydrogen) atoms. The van der Waals surface area contributed by atoms with Crippen LogP contribution < -0.4 is 4.74 Å². The monoisotopic (exact) mass is 738 g/mol. The van der Waals surface area contributed by atoms with Crippen molar-refractivity contribution >= 4 is 43.6 Å². The maximum atomic E-state index is 6.81. The van der Waals surface area contributed by atoms with Gasteiger partial charge in [0.1, 0.15) is 11.5 Å². The van der Waals surface area contributed by atoms with Gasteiger partial charge in [0.05, 0.1) is 33.2 Å². The summed E-state index contributed by atoms with van der Waals surface area (Å²) in [6.45, 7) is 0. The van der Waals surface area contributed by atoms with Gasteiger partial charge >= 0.3 is 0 Å². The average molecular weight is 739 g/mol. The molecule has 0 bridgehead atoms. The summed E-state index contributed by atoms with van der Waals surface area (Å²) in [6, 6.07) is 75.3. The van der Waals surface area contributed by atoms with Crippen LogP contribution in [0.3, 0.4) is 0 Å². The maximum Gasteiger partial charge on any atom is 0.132 e. The summed E-state index contributed by atoms with van der Waals surface area (Å²) >= 11 is 0. The van der Waals surface area contributed by atoms with Crippen molar-refractivity contribution in [1.29, 1.82) is 0 Å². The predicted octanol–water partition coefficient (Wildman–Crippen LogP) is 14.0. The van der Waals surface area contributed by atoms with Gasteiger partial charge in [-0.05, 0) is 88.0 Å². The second kappa shape index (κ2) is 11.7. The van der Waals surface area contributed by atoms with E-state index in [0.29, 0.717) is 0 Å². The van der Waals surface area contributed by atoms with E-state index in [4.69, 9.17) is 4.74 Å². The van der Waals surface area contributed by atoms with Crippen LogP contribution in [0.1, 0.15) is 22.3 Å². The first kappa shape index (κ1) is 31.6. The van der Waals surface area contributed by atoms with E-state index in [9.17, 15) is 0 Å². The quantitative estimate of drug-likeness (QED) is 0.177. The molecule has 0 saturated heterocycles. The molecule has 13 rings (SSSR count). The van der Waals surface area contributed by atoms with Crippen molar-refractivity contribution in [2.75, 3.05) is 0 Å². The number of para-hydroxylation sites is 6. The van der Waals surface area contributed by atoms with Crippen molar-refractivity contribution in [3.63, 3.8) is 0 Å². The zero-order valence-corrected chi connectivity index (χ0v) is 31.4. The third-order valence-corrected chi connectivity index (χ3v) is 12.8. The molecule has 270 valence electrons. The van der Waals surface area contributed by atoms with Crippen LogP contribution in [0.4, 0.5) is 0 Å². The first-order valence-corrected chi connectivity index (χ1v) is 20.0. The molecule has 1 unspecified atom stereocenters. The first-order valence-electron chi connectivity index (χ1n) is 20.0. The molecule has 11 aromatic rings. The molecule has 3 heteroatoms. The van der Waals surface area contributed by atoms with Gasteiger partial charge in [0, 0.05) is 38.4 Å². The highest BCUT2D eigenvalue weighted by Gasteiger charge is 2.50. The fourth-order valence-electron chi connectivity index (χ4n) is 10.4. The summed E-state index contributed by atoms with van der Waals surface area (Å²) in [4.78, 5) is 0. The van der Waals surface area contributed by atoms with Gasteiger partial charge in [0.2, 0.25) is 0 Å². The zero-order chi connectivity index (χ0) is 38.0. The molecule has 0 fully saturated rings. The Morgan fingerprint density at radius 3 is 1.52 bits per heavy atom. The minimum Gasteiger partial charge on any atom is -0.457 e. The van der Waals surface area contributed by atoms with Crippen molar-refractivity contribution in [3.8, 4) is 45.1 Å². The number of rotatable bonds is 3. The van der Waals surface area contributed by atoms with Gasteiger partial charge < -0.3 is 13.9 Å². The third kappa shape index (κ3) is 4.12. The summed E-state index contributed by atoms with van der Waals surface area (Å²) in [5, 5.41) is 5.08. The molecule has 1 spiro atoms. The van der Waals surface area contributed by atoms with Crippen LogP contribution in [0, 0.1) is 0 Å². The van der Waals surface area contributed by atoms with E-state index in [1.165, 1.54) is 77.1 Å². The van der Waals surface area contributed by atoms with Gasteiger partial charge in [0.25, 0.3) is 0 Å². The van der Waals surface area contributed by atoms with E-state index < -0.39 is 5.41 Å². The molecule has 1 atom stereocenters. The fourth-order valence-corrected chi connectivity index (χ4v) is 10.4. The Labute approximate surface area is 335 Å². The lowest BCUT2D eigenvalue weighted by Gasteiger charge is -2.45. The minimum absolute atomic E-state index is 0.598. The molecule has 0 N–H and O–H groups in total. The lowest BCUT2D eigenvalue weighted by molar-refractivity contribution is 0.434. The van der Waals surface area contributed by atoms with Gasteiger partial charge in [0.15, 0.2) is 0 Å². The van der Waals surface area contributed by atoms with Gasteiger partial charge in [-0.15, -0.1) is 0 Å². The molecule has 0 aliphatic carbocycles. The van der Waals surface area contributed by atoms with Crippen molar-refractivity contribution in [2.24, 2.45) is 0 Å².